The number of aliphatic hydroxyl groups excluding tert-OH is 1. The van der Waals surface area contributed by atoms with Crippen LogP contribution in [0.15, 0.2) is 48.5 Å². The van der Waals surface area contributed by atoms with Crippen LogP contribution in [-0.4, -0.2) is 54.9 Å². The Bertz CT molecular complexity index is 894. The van der Waals surface area contributed by atoms with Crippen molar-refractivity contribution < 1.29 is 14.6 Å². The standard InChI is InChI=1S/C27H36N2O3/c1-20(22-10-13-32-14-11-22)15-21-5-4-8-24(16-21)27(31)28-17-26(30)19-29-12-9-23-6-2-3-7-25(23)18-29/h2-8,16,20,22,26,30H,9-15,17-19H2,1H3,(H,28,31). The van der Waals surface area contributed by atoms with Gasteiger partial charge in [-0.25, -0.2) is 0 Å². The number of hydrogen-bond acceptors (Lipinski definition) is 4. The van der Waals surface area contributed by atoms with Crippen LogP contribution in [0.4, 0.5) is 0 Å². The third kappa shape index (κ3) is 6.18. The largest absolute Gasteiger partial charge is 0.390 e. The predicted molar refractivity (Wildman–Crippen MR) is 127 cm³/mol. The first kappa shape index (κ1) is 23.0. The lowest BCUT2D eigenvalue weighted by Gasteiger charge is -2.30. The second-order valence-electron chi connectivity index (χ2n) is 9.45. The quantitative estimate of drug-likeness (QED) is 0.666. The number of rotatable bonds is 8. The molecule has 1 amide bonds. The van der Waals surface area contributed by atoms with Crippen molar-refractivity contribution in [3.8, 4) is 0 Å². The molecule has 2 unspecified atom stereocenters. The van der Waals surface area contributed by atoms with Gasteiger partial charge >= 0.3 is 0 Å². The second-order valence-corrected chi connectivity index (χ2v) is 9.45. The number of carbonyl (C=O) groups excluding carboxylic acids is 1. The van der Waals surface area contributed by atoms with Gasteiger partial charge < -0.3 is 15.2 Å². The van der Waals surface area contributed by atoms with E-state index in [0.29, 0.717) is 23.9 Å². The third-order valence-corrected chi connectivity index (χ3v) is 6.99. The number of hydrogen-bond donors (Lipinski definition) is 2. The predicted octanol–water partition coefficient (Wildman–Crippen LogP) is 3.44. The van der Waals surface area contributed by atoms with Gasteiger partial charge in [0.2, 0.25) is 0 Å². The molecule has 4 rings (SSSR count). The van der Waals surface area contributed by atoms with Crippen LogP contribution in [0.2, 0.25) is 0 Å². The van der Waals surface area contributed by atoms with Gasteiger partial charge in [-0.2, -0.15) is 0 Å². The number of fused-ring (bicyclic) bond motifs is 1. The zero-order valence-corrected chi connectivity index (χ0v) is 19.1. The van der Waals surface area contributed by atoms with Crippen LogP contribution in [0.25, 0.3) is 0 Å². The molecule has 0 aromatic heterocycles. The molecule has 0 bridgehead atoms. The summed E-state index contributed by atoms with van der Waals surface area (Å²) in [6, 6.07) is 16.4. The SMILES string of the molecule is CC(Cc1cccc(C(=O)NCC(O)CN2CCc3ccccc3C2)c1)C1CCOCC1. The van der Waals surface area contributed by atoms with E-state index < -0.39 is 6.10 Å². The second kappa shape index (κ2) is 11.1. The zero-order valence-electron chi connectivity index (χ0n) is 19.1. The summed E-state index contributed by atoms with van der Waals surface area (Å²) in [6.07, 6.45) is 3.66. The van der Waals surface area contributed by atoms with Crippen LogP contribution >= 0.6 is 0 Å². The summed E-state index contributed by atoms with van der Waals surface area (Å²) in [5, 5.41) is 13.4. The molecular weight excluding hydrogens is 400 g/mol. The Hall–Kier alpha value is -2.21. The van der Waals surface area contributed by atoms with Crippen LogP contribution in [0.5, 0.6) is 0 Å². The average molecular weight is 437 g/mol. The van der Waals surface area contributed by atoms with E-state index in [1.165, 1.54) is 16.7 Å². The normalized spacial score (nSPS) is 19.2. The summed E-state index contributed by atoms with van der Waals surface area (Å²) in [6.45, 7) is 6.66. The molecule has 2 aliphatic rings. The summed E-state index contributed by atoms with van der Waals surface area (Å²) in [4.78, 5) is 15.0. The Morgan fingerprint density at radius 1 is 1.16 bits per heavy atom. The molecule has 2 aliphatic heterocycles. The lowest BCUT2D eigenvalue weighted by Crippen LogP contribution is -2.42. The fourth-order valence-corrected chi connectivity index (χ4v) is 5.05. The van der Waals surface area contributed by atoms with Crippen molar-refractivity contribution in [3.05, 3.63) is 70.8 Å². The Morgan fingerprint density at radius 2 is 1.94 bits per heavy atom. The Kier molecular flexibility index (Phi) is 7.95. The number of carbonyl (C=O) groups is 1. The molecule has 0 radical (unpaired) electrons. The molecule has 1 saturated heterocycles. The molecule has 2 aromatic rings. The molecule has 2 N–H and O–H groups in total. The fraction of sp³-hybridized carbons (Fsp3) is 0.519. The van der Waals surface area contributed by atoms with Gasteiger partial charge in [-0.1, -0.05) is 43.3 Å². The molecule has 172 valence electrons. The highest BCUT2D eigenvalue weighted by atomic mass is 16.5. The number of ether oxygens (including phenoxy) is 1. The van der Waals surface area contributed by atoms with Crippen molar-refractivity contribution in [2.24, 2.45) is 11.8 Å². The smallest absolute Gasteiger partial charge is 0.251 e. The van der Waals surface area contributed by atoms with Gasteiger partial charge in [0, 0.05) is 45.0 Å². The van der Waals surface area contributed by atoms with E-state index in [2.05, 4.69) is 47.5 Å². The first-order valence-electron chi connectivity index (χ1n) is 12.0. The Labute approximate surface area is 191 Å². The van der Waals surface area contributed by atoms with E-state index in [-0.39, 0.29) is 12.5 Å². The maximum atomic E-state index is 12.7. The minimum atomic E-state index is -0.582. The molecule has 32 heavy (non-hydrogen) atoms. The van der Waals surface area contributed by atoms with Gasteiger partial charge in [-0.3, -0.25) is 9.69 Å². The molecule has 0 saturated carbocycles. The molecule has 2 atom stereocenters. The molecule has 1 fully saturated rings. The van der Waals surface area contributed by atoms with Crippen LogP contribution in [-0.2, 0) is 24.1 Å². The summed E-state index contributed by atoms with van der Waals surface area (Å²) in [5.41, 5.74) is 4.60. The van der Waals surface area contributed by atoms with Crippen molar-refractivity contribution in [3.63, 3.8) is 0 Å². The first-order valence-corrected chi connectivity index (χ1v) is 12.0. The summed E-state index contributed by atoms with van der Waals surface area (Å²) < 4.78 is 5.48. The van der Waals surface area contributed by atoms with Crippen LogP contribution in [0.1, 0.15) is 46.8 Å². The van der Waals surface area contributed by atoms with Crippen LogP contribution < -0.4 is 5.32 Å². The van der Waals surface area contributed by atoms with Gasteiger partial charge in [0.1, 0.15) is 0 Å². The van der Waals surface area contributed by atoms with Crippen molar-refractivity contribution >= 4 is 5.91 Å². The monoisotopic (exact) mass is 436 g/mol. The van der Waals surface area contributed by atoms with E-state index in [0.717, 1.165) is 52.0 Å². The van der Waals surface area contributed by atoms with E-state index in [9.17, 15) is 9.90 Å². The van der Waals surface area contributed by atoms with Gasteiger partial charge in [0.05, 0.1) is 6.10 Å². The molecule has 5 heteroatoms. The number of amides is 1. The average Bonchev–Trinajstić information content (AvgIpc) is 2.83. The number of nitrogens with zero attached hydrogens (tertiary/aromatic N) is 1. The number of benzene rings is 2. The minimum Gasteiger partial charge on any atom is -0.390 e. The first-order chi connectivity index (χ1) is 15.6. The lowest BCUT2D eigenvalue weighted by atomic mass is 9.83. The maximum Gasteiger partial charge on any atom is 0.251 e. The fourth-order valence-electron chi connectivity index (χ4n) is 5.05. The van der Waals surface area contributed by atoms with Crippen LogP contribution in [0.3, 0.4) is 0 Å². The zero-order chi connectivity index (χ0) is 22.3. The summed E-state index contributed by atoms with van der Waals surface area (Å²) in [7, 11) is 0. The third-order valence-electron chi connectivity index (χ3n) is 6.99. The van der Waals surface area contributed by atoms with Gasteiger partial charge in [-0.05, 0) is 66.3 Å². The molecule has 0 spiro atoms. The number of nitrogens with one attached hydrogen (secondary N) is 1. The van der Waals surface area contributed by atoms with Crippen molar-refractivity contribution in [1.29, 1.82) is 0 Å². The highest BCUT2D eigenvalue weighted by Crippen LogP contribution is 2.26. The minimum absolute atomic E-state index is 0.117. The van der Waals surface area contributed by atoms with Crippen molar-refractivity contribution in [2.45, 2.75) is 45.3 Å². The maximum absolute atomic E-state index is 12.7. The topological polar surface area (TPSA) is 61.8 Å². The van der Waals surface area contributed by atoms with E-state index in [1.54, 1.807) is 0 Å². The number of β-amino-alcohol motifs (C(OH)–C–C–N with tert-alkyl or cyclic N) is 1. The highest BCUT2D eigenvalue weighted by molar-refractivity contribution is 5.94. The summed E-state index contributed by atoms with van der Waals surface area (Å²) >= 11 is 0. The molecular formula is C27H36N2O3. The Morgan fingerprint density at radius 3 is 2.75 bits per heavy atom. The lowest BCUT2D eigenvalue weighted by molar-refractivity contribution is 0.0495. The van der Waals surface area contributed by atoms with Gasteiger partial charge in [-0.15, -0.1) is 0 Å². The van der Waals surface area contributed by atoms with E-state index >= 15 is 0 Å². The number of aliphatic hydroxyl groups is 1. The van der Waals surface area contributed by atoms with Crippen molar-refractivity contribution in [1.82, 2.24) is 10.2 Å². The molecule has 0 aliphatic carbocycles. The molecule has 2 heterocycles. The molecule has 5 nitrogen and oxygen atoms in total. The van der Waals surface area contributed by atoms with Crippen LogP contribution in [0, 0.1) is 11.8 Å². The van der Waals surface area contributed by atoms with E-state index in [4.69, 9.17) is 4.74 Å². The van der Waals surface area contributed by atoms with Gasteiger partial charge in [0.15, 0.2) is 0 Å². The Balaban J connectivity index is 1.24. The van der Waals surface area contributed by atoms with E-state index in [1.807, 2.05) is 18.2 Å². The highest BCUT2D eigenvalue weighted by Gasteiger charge is 2.21. The summed E-state index contributed by atoms with van der Waals surface area (Å²) in [5.74, 6) is 1.15. The molecule has 2 aromatic carbocycles. The van der Waals surface area contributed by atoms with Gasteiger partial charge in [0.25, 0.3) is 5.91 Å². The van der Waals surface area contributed by atoms with Crippen molar-refractivity contribution in [2.75, 3.05) is 32.8 Å².